The molecule has 0 N–H and O–H groups in total. The van der Waals surface area contributed by atoms with Gasteiger partial charge in [-0.25, -0.2) is 9.50 Å². The number of anilines is 1. The minimum Gasteiger partial charge on any atom is -0.375 e. The van der Waals surface area contributed by atoms with E-state index in [9.17, 15) is 0 Å². The van der Waals surface area contributed by atoms with E-state index in [1.54, 1.807) is 6.20 Å². The number of hydrogen-bond acceptors (Lipinski definition) is 4. The van der Waals surface area contributed by atoms with Crippen LogP contribution in [0.25, 0.3) is 5.52 Å². The van der Waals surface area contributed by atoms with Gasteiger partial charge in [0, 0.05) is 26.0 Å². The molecule has 5 heteroatoms. The van der Waals surface area contributed by atoms with Gasteiger partial charge < -0.3 is 9.64 Å². The molecule has 1 aromatic carbocycles. The van der Waals surface area contributed by atoms with E-state index in [0.717, 1.165) is 23.6 Å². The number of aryl methyl sites for hydroxylation is 1. The second-order valence-corrected chi connectivity index (χ2v) is 5.33. The topological polar surface area (TPSA) is 42.7 Å². The monoisotopic (exact) mass is 296 g/mol. The molecule has 0 saturated carbocycles. The summed E-state index contributed by atoms with van der Waals surface area (Å²) in [5.74, 6) is 0.923. The molecule has 0 fully saturated rings. The van der Waals surface area contributed by atoms with E-state index in [1.807, 2.05) is 48.9 Å². The van der Waals surface area contributed by atoms with Crippen LogP contribution in [0.4, 0.5) is 5.82 Å². The third kappa shape index (κ3) is 3.26. The molecule has 0 aliphatic carbocycles. The van der Waals surface area contributed by atoms with Crippen molar-refractivity contribution in [3.8, 4) is 0 Å². The molecule has 0 unspecified atom stereocenters. The lowest BCUT2D eigenvalue weighted by molar-refractivity contribution is 0.127. The van der Waals surface area contributed by atoms with Crippen molar-refractivity contribution in [1.82, 2.24) is 14.6 Å². The van der Waals surface area contributed by atoms with E-state index in [-0.39, 0.29) is 0 Å². The molecular weight excluding hydrogens is 276 g/mol. The summed E-state index contributed by atoms with van der Waals surface area (Å²) in [5, 5.41) is 4.41. The molecular formula is C17H20N4O. The molecule has 0 aliphatic rings. The molecule has 0 spiro atoms. The summed E-state index contributed by atoms with van der Waals surface area (Å²) < 4.78 is 7.60. The van der Waals surface area contributed by atoms with Crippen LogP contribution in [0.15, 0.2) is 48.8 Å². The number of rotatable bonds is 6. The van der Waals surface area contributed by atoms with Crippen molar-refractivity contribution in [2.45, 2.75) is 13.5 Å². The van der Waals surface area contributed by atoms with E-state index < -0.39 is 0 Å². The number of hydrogen-bond donors (Lipinski definition) is 0. The molecule has 114 valence electrons. The second kappa shape index (κ2) is 6.58. The fraction of sp³-hybridized carbons (Fsp3) is 0.294. The fourth-order valence-corrected chi connectivity index (χ4v) is 2.40. The zero-order chi connectivity index (χ0) is 15.4. The highest BCUT2D eigenvalue weighted by atomic mass is 16.5. The summed E-state index contributed by atoms with van der Waals surface area (Å²) in [6.07, 6.45) is 3.64. The van der Waals surface area contributed by atoms with Crippen molar-refractivity contribution in [2.24, 2.45) is 0 Å². The first-order valence-corrected chi connectivity index (χ1v) is 7.38. The predicted molar refractivity (Wildman–Crippen MR) is 87.1 cm³/mol. The SMILES string of the molecule is Cc1cc2c(N(C)CCOCc3ccccc3)nccn2n1. The molecule has 2 heterocycles. The van der Waals surface area contributed by atoms with E-state index >= 15 is 0 Å². The van der Waals surface area contributed by atoms with E-state index in [2.05, 4.69) is 27.1 Å². The third-order valence-electron chi connectivity index (χ3n) is 3.54. The lowest BCUT2D eigenvalue weighted by Gasteiger charge is -2.18. The highest BCUT2D eigenvalue weighted by Gasteiger charge is 2.09. The molecule has 3 rings (SSSR count). The van der Waals surface area contributed by atoms with Gasteiger partial charge in [-0.3, -0.25) is 0 Å². The molecule has 22 heavy (non-hydrogen) atoms. The number of aromatic nitrogens is 3. The maximum atomic E-state index is 5.74. The molecule has 5 nitrogen and oxygen atoms in total. The van der Waals surface area contributed by atoms with Crippen LogP contribution in [-0.4, -0.2) is 34.8 Å². The van der Waals surface area contributed by atoms with Crippen LogP contribution in [-0.2, 0) is 11.3 Å². The Morgan fingerprint density at radius 2 is 2.05 bits per heavy atom. The summed E-state index contributed by atoms with van der Waals surface area (Å²) in [7, 11) is 2.02. The number of nitrogens with zero attached hydrogens (tertiary/aromatic N) is 4. The molecule has 0 saturated heterocycles. The van der Waals surface area contributed by atoms with Gasteiger partial charge in [0.15, 0.2) is 5.82 Å². The van der Waals surface area contributed by atoms with Crippen LogP contribution in [0.2, 0.25) is 0 Å². The van der Waals surface area contributed by atoms with Gasteiger partial charge in [0.2, 0.25) is 0 Å². The van der Waals surface area contributed by atoms with Gasteiger partial charge >= 0.3 is 0 Å². The first-order chi connectivity index (χ1) is 10.7. The van der Waals surface area contributed by atoms with Crippen molar-refractivity contribution >= 4 is 11.3 Å². The number of fused-ring (bicyclic) bond motifs is 1. The number of likely N-dealkylation sites (N-methyl/N-ethyl adjacent to an activating group) is 1. The summed E-state index contributed by atoms with van der Waals surface area (Å²) in [6.45, 7) is 4.06. The van der Waals surface area contributed by atoms with Crippen LogP contribution < -0.4 is 4.90 Å². The smallest absolute Gasteiger partial charge is 0.154 e. The van der Waals surface area contributed by atoms with Crippen LogP contribution in [0.3, 0.4) is 0 Å². The average Bonchev–Trinajstić information content (AvgIpc) is 2.92. The fourth-order valence-electron chi connectivity index (χ4n) is 2.40. The van der Waals surface area contributed by atoms with Crippen molar-refractivity contribution in [3.05, 3.63) is 60.0 Å². The molecule has 3 aromatic rings. The summed E-state index contributed by atoms with van der Waals surface area (Å²) in [6, 6.07) is 12.2. The average molecular weight is 296 g/mol. The van der Waals surface area contributed by atoms with Crippen LogP contribution in [0.5, 0.6) is 0 Å². The van der Waals surface area contributed by atoms with E-state index in [1.165, 1.54) is 5.56 Å². The van der Waals surface area contributed by atoms with Gasteiger partial charge in [-0.05, 0) is 18.6 Å². The van der Waals surface area contributed by atoms with Crippen molar-refractivity contribution in [1.29, 1.82) is 0 Å². The Hall–Kier alpha value is -2.40. The predicted octanol–water partition coefficient (Wildman–Crippen LogP) is 2.69. The number of ether oxygens (including phenoxy) is 1. The zero-order valence-corrected chi connectivity index (χ0v) is 12.9. The highest BCUT2D eigenvalue weighted by molar-refractivity contribution is 5.68. The summed E-state index contributed by atoms with van der Waals surface area (Å²) in [5.41, 5.74) is 3.20. The van der Waals surface area contributed by atoms with Crippen LogP contribution in [0, 0.1) is 6.92 Å². The maximum absolute atomic E-state index is 5.74. The molecule has 0 radical (unpaired) electrons. The zero-order valence-electron chi connectivity index (χ0n) is 12.9. The van der Waals surface area contributed by atoms with Gasteiger partial charge in [0.05, 0.1) is 18.9 Å². The molecule has 0 bridgehead atoms. The van der Waals surface area contributed by atoms with E-state index in [4.69, 9.17) is 4.74 Å². The lowest BCUT2D eigenvalue weighted by Crippen LogP contribution is -2.24. The third-order valence-corrected chi connectivity index (χ3v) is 3.54. The van der Waals surface area contributed by atoms with Crippen molar-refractivity contribution in [3.63, 3.8) is 0 Å². The van der Waals surface area contributed by atoms with E-state index in [0.29, 0.717) is 13.2 Å². The Kier molecular flexibility index (Phi) is 4.34. The molecule has 0 atom stereocenters. The normalized spacial score (nSPS) is 11.0. The number of benzene rings is 1. The maximum Gasteiger partial charge on any atom is 0.154 e. The first kappa shape index (κ1) is 14.5. The van der Waals surface area contributed by atoms with Crippen LogP contribution >= 0.6 is 0 Å². The Bertz CT molecular complexity index is 739. The second-order valence-electron chi connectivity index (χ2n) is 5.33. The Balaban J connectivity index is 1.58. The summed E-state index contributed by atoms with van der Waals surface area (Å²) >= 11 is 0. The van der Waals surface area contributed by atoms with Crippen molar-refractivity contribution < 1.29 is 4.74 Å². The van der Waals surface area contributed by atoms with Gasteiger partial charge in [-0.15, -0.1) is 0 Å². The highest BCUT2D eigenvalue weighted by Crippen LogP contribution is 2.17. The standard InChI is InChI=1S/C17H20N4O/c1-14-12-16-17(18-8-9-21(16)19-14)20(2)10-11-22-13-15-6-4-3-5-7-15/h3-9,12H,10-11,13H2,1-2H3. The Morgan fingerprint density at radius 1 is 1.23 bits per heavy atom. The Labute approximate surface area is 130 Å². The first-order valence-electron chi connectivity index (χ1n) is 7.38. The Morgan fingerprint density at radius 3 is 2.86 bits per heavy atom. The van der Waals surface area contributed by atoms with Gasteiger partial charge in [-0.2, -0.15) is 5.10 Å². The lowest BCUT2D eigenvalue weighted by atomic mass is 10.2. The van der Waals surface area contributed by atoms with Gasteiger partial charge in [0.1, 0.15) is 5.52 Å². The molecule has 0 aliphatic heterocycles. The van der Waals surface area contributed by atoms with Gasteiger partial charge in [-0.1, -0.05) is 30.3 Å². The minimum atomic E-state index is 0.637. The quantitative estimate of drug-likeness (QED) is 0.656. The minimum absolute atomic E-state index is 0.637. The molecule has 0 amide bonds. The van der Waals surface area contributed by atoms with Gasteiger partial charge in [0.25, 0.3) is 0 Å². The van der Waals surface area contributed by atoms with Crippen LogP contribution in [0.1, 0.15) is 11.3 Å². The summed E-state index contributed by atoms with van der Waals surface area (Å²) in [4.78, 5) is 6.57. The van der Waals surface area contributed by atoms with Crippen molar-refractivity contribution in [2.75, 3.05) is 25.1 Å². The largest absolute Gasteiger partial charge is 0.375 e. The molecule has 2 aromatic heterocycles.